The van der Waals surface area contributed by atoms with Gasteiger partial charge in [0.25, 0.3) is 0 Å². The molecule has 0 saturated heterocycles. The van der Waals surface area contributed by atoms with Crippen molar-refractivity contribution in [2.24, 2.45) is 10.7 Å². The van der Waals surface area contributed by atoms with Crippen LogP contribution in [0.2, 0.25) is 0 Å². The standard InChI is InChI=1S/C11H25N3O2/c1-3-4-8-16-9-5-6-13-11(12)14-7-10-15-2/h3-10H2,1-2H3,(H3,12,13,14). The second-order valence-corrected chi connectivity index (χ2v) is 3.51. The Morgan fingerprint density at radius 3 is 2.69 bits per heavy atom. The first-order valence-electron chi connectivity index (χ1n) is 5.91. The average Bonchev–Trinajstić information content (AvgIpc) is 2.28. The van der Waals surface area contributed by atoms with Gasteiger partial charge in [-0.2, -0.15) is 0 Å². The van der Waals surface area contributed by atoms with Gasteiger partial charge in [-0.15, -0.1) is 0 Å². The quantitative estimate of drug-likeness (QED) is 0.330. The van der Waals surface area contributed by atoms with Gasteiger partial charge >= 0.3 is 0 Å². The molecular formula is C11H25N3O2. The van der Waals surface area contributed by atoms with Gasteiger partial charge in [-0.05, 0) is 12.8 Å². The van der Waals surface area contributed by atoms with Crippen molar-refractivity contribution in [3.63, 3.8) is 0 Å². The molecule has 0 bridgehead atoms. The Bertz CT molecular complexity index is 175. The van der Waals surface area contributed by atoms with E-state index >= 15 is 0 Å². The number of guanidine groups is 1. The van der Waals surface area contributed by atoms with Crippen molar-refractivity contribution in [3.05, 3.63) is 0 Å². The molecule has 0 aromatic rings. The van der Waals surface area contributed by atoms with Gasteiger partial charge in [0.2, 0.25) is 0 Å². The van der Waals surface area contributed by atoms with Crippen LogP contribution in [0, 0.1) is 0 Å². The molecule has 5 heteroatoms. The SMILES string of the molecule is CCCCOCCCN=C(N)NCCOC. The van der Waals surface area contributed by atoms with E-state index in [9.17, 15) is 0 Å². The summed E-state index contributed by atoms with van der Waals surface area (Å²) in [5.41, 5.74) is 5.62. The fraction of sp³-hybridized carbons (Fsp3) is 0.909. The summed E-state index contributed by atoms with van der Waals surface area (Å²) >= 11 is 0. The zero-order chi connectivity index (χ0) is 12.1. The lowest BCUT2D eigenvalue weighted by molar-refractivity contribution is 0.130. The lowest BCUT2D eigenvalue weighted by Crippen LogP contribution is -2.34. The van der Waals surface area contributed by atoms with Gasteiger partial charge in [-0.1, -0.05) is 13.3 Å². The van der Waals surface area contributed by atoms with Gasteiger partial charge < -0.3 is 20.5 Å². The summed E-state index contributed by atoms with van der Waals surface area (Å²) in [4.78, 5) is 4.16. The molecule has 0 aromatic heterocycles. The minimum Gasteiger partial charge on any atom is -0.383 e. The van der Waals surface area contributed by atoms with Gasteiger partial charge in [0.1, 0.15) is 0 Å². The normalized spacial score (nSPS) is 11.8. The zero-order valence-corrected chi connectivity index (χ0v) is 10.5. The number of nitrogens with two attached hydrogens (primary N) is 1. The fourth-order valence-electron chi connectivity index (χ4n) is 1.05. The summed E-state index contributed by atoms with van der Waals surface area (Å²) in [6.07, 6.45) is 3.22. The summed E-state index contributed by atoms with van der Waals surface area (Å²) < 4.78 is 10.3. The maximum Gasteiger partial charge on any atom is 0.188 e. The van der Waals surface area contributed by atoms with E-state index in [1.165, 1.54) is 6.42 Å². The third-order valence-electron chi connectivity index (χ3n) is 1.98. The van der Waals surface area contributed by atoms with Crippen LogP contribution in [0.15, 0.2) is 4.99 Å². The van der Waals surface area contributed by atoms with Crippen LogP contribution in [0.25, 0.3) is 0 Å². The third-order valence-corrected chi connectivity index (χ3v) is 1.98. The molecule has 0 aromatic carbocycles. The predicted molar refractivity (Wildman–Crippen MR) is 66.7 cm³/mol. The molecule has 16 heavy (non-hydrogen) atoms. The summed E-state index contributed by atoms with van der Waals surface area (Å²) in [6.45, 7) is 5.80. The minimum absolute atomic E-state index is 0.477. The minimum atomic E-state index is 0.477. The van der Waals surface area contributed by atoms with Crippen LogP contribution in [-0.4, -0.2) is 46.0 Å². The van der Waals surface area contributed by atoms with Crippen molar-refractivity contribution in [1.29, 1.82) is 0 Å². The monoisotopic (exact) mass is 231 g/mol. The Labute approximate surface area is 98.4 Å². The molecule has 0 aliphatic carbocycles. The lowest BCUT2D eigenvalue weighted by atomic mass is 10.4. The number of methoxy groups -OCH3 is 1. The van der Waals surface area contributed by atoms with Crippen LogP contribution in [-0.2, 0) is 9.47 Å². The Morgan fingerprint density at radius 1 is 1.25 bits per heavy atom. The number of unbranched alkanes of at least 4 members (excludes halogenated alkanes) is 1. The van der Waals surface area contributed by atoms with Crippen LogP contribution >= 0.6 is 0 Å². The number of aliphatic imine (C=N–C) groups is 1. The molecule has 0 heterocycles. The van der Waals surface area contributed by atoms with E-state index in [0.29, 0.717) is 25.7 Å². The first-order valence-corrected chi connectivity index (χ1v) is 5.91. The van der Waals surface area contributed by atoms with Crippen molar-refractivity contribution in [2.45, 2.75) is 26.2 Å². The molecule has 0 spiro atoms. The molecular weight excluding hydrogens is 206 g/mol. The number of nitrogens with one attached hydrogen (secondary N) is 1. The molecule has 0 radical (unpaired) electrons. The summed E-state index contributed by atoms with van der Waals surface area (Å²) in [6, 6.07) is 0. The molecule has 0 atom stereocenters. The molecule has 0 aliphatic rings. The lowest BCUT2D eigenvalue weighted by Gasteiger charge is -2.04. The highest BCUT2D eigenvalue weighted by Gasteiger charge is 1.91. The van der Waals surface area contributed by atoms with E-state index in [1.807, 2.05) is 0 Å². The predicted octanol–water partition coefficient (Wildman–Crippen LogP) is 0.744. The molecule has 96 valence electrons. The first kappa shape index (κ1) is 15.2. The maximum atomic E-state index is 5.62. The number of hydrogen-bond acceptors (Lipinski definition) is 3. The average molecular weight is 231 g/mol. The topological polar surface area (TPSA) is 68.9 Å². The Balaban J connectivity index is 3.23. The number of rotatable bonds is 10. The van der Waals surface area contributed by atoms with Crippen molar-refractivity contribution in [3.8, 4) is 0 Å². The van der Waals surface area contributed by atoms with Gasteiger partial charge in [0.15, 0.2) is 5.96 Å². The van der Waals surface area contributed by atoms with Gasteiger partial charge in [0.05, 0.1) is 6.61 Å². The van der Waals surface area contributed by atoms with Gasteiger partial charge in [0, 0.05) is 33.4 Å². The number of ether oxygens (including phenoxy) is 2. The highest BCUT2D eigenvalue weighted by molar-refractivity contribution is 5.77. The molecule has 0 aliphatic heterocycles. The van der Waals surface area contributed by atoms with Crippen molar-refractivity contribution in [1.82, 2.24) is 5.32 Å². The molecule has 0 amide bonds. The molecule has 5 nitrogen and oxygen atoms in total. The number of hydrogen-bond donors (Lipinski definition) is 2. The van der Waals surface area contributed by atoms with Crippen LogP contribution in [0.1, 0.15) is 26.2 Å². The van der Waals surface area contributed by atoms with Crippen LogP contribution in [0.3, 0.4) is 0 Å². The Morgan fingerprint density at radius 2 is 2.00 bits per heavy atom. The zero-order valence-electron chi connectivity index (χ0n) is 10.5. The first-order chi connectivity index (χ1) is 7.81. The van der Waals surface area contributed by atoms with E-state index in [-0.39, 0.29) is 0 Å². The van der Waals surface area contributed by atoms with Crippen molar-refractivity contribution >= 4 is 5.96 Å². The van der Waals surface area contributed by atoms with Crippen LogP contribution in [0.4, 0.5) is 0 Å². The highest BCUT2D eigenvalue weighted by atomic mass is 16.5. The highest BCUT2D eigenvalue weighted by Crippen LogP contribution is 1.90. The van der Waals surface area contributed by atoms with E-state index in [4.69, 9.17) is 15.2 Å². The van der Waals surface area contributed by atoms with E-state index in [2.05, 4.69) is 17.2 Å². The molecule has 0 unspecified atom stereocenters. The fourth-order valence-corrected chi connectivity index (χ4v) is 1.05. The van der Waals surface area contributed by atoms with Crippen LogP contribution in [0.5, 0.6) is 0 Å². The summed E-state index contributed by atoms with van der Waals surface area (Å²) in [7, 11) is 1.66. The third kappa shape index (κ3) is 11.3. The Hall–Kier alpha value is -0.810. The van der Waals surface area contributed by atoms with E-state index in [1.54, 1.807) is 7.11 Å². The smallest absolute Gasteiger partial charge is 0.188 e. The largest absolute Gasteiger partial charge is 0.383 e. The van der Waals surface area contributed by atoms with E-state index < -0.39 is 0 Å². The van der Waals surface area contributed by atoms with Crippen molar-refractivity contribution in [2.75, 3.05) is 40.0 Å². The van der Waals surface area contributed by atoms with Gasteiger partial charge in [-0.25, -0.2) is 0 Å². The second-order valence-electron chi connectivity index (χ2n) is 3.51. The number of nitrogens with zero attached hydrogens (tertiary/aromatic N) is 1. The molecule has 3 N–H and O–H groups in total. The molecule has 0 rings (SSSR count). The Kier molecular flexibility index (Phi) is 11.6. The summed E-state index contributed by atoms with van der Waals surface area (Å²) in [5, 5.41) is 2.96. The molecule has 0 saturated carbocycles. The van der Waals surface area contributed by atoms with Gasteiger partial charge in [-0.3, -0.25) is 4.99 Å². The second kappa shape index (κ2) is 12.3. The summed E-state index contributed by atoms with van der Waals surface area (Å²) in [5.74, 6) is 0.477. The molecule has 0 fully saturated rings. The maximum absolute atomic E-state index is 5.62. The van der Waals surface area contributed by atoms with E-state index in [0.717, 1.165) is 26.1 Å². The van der Waals surface area contributed by atoms with Crippen LogP contribution < -0.4 is 11.1 Å². The van der Waals surface area contributed by atoms with Crippen molar-refractivity contribution < 1.29 is 9.47 Å².